The van der Waals surface area contributed by atoms with E-state index in [4.69, 9.17) is 0 Å². The number of nitrogens with one attached hydrogen (secondary N) is 1. The van der Waals surface area contributed by atoms with E-state index in [2.05, 4.69) is 10.3 Å². The summed E-state index contributed by atoms with van der Waals surface area (Å²) < 4.78 is 2.01. The van der Waals surface area contributed by atoms with Crippen molar-refractivity contribution in [3.05, 3.63) is 95.9 Å². The molecule has 0 atom stereocenters. The molecular weight excluding hydrogens is 354 g/mol. The normalized spacial score (nSPS) is 10.9. The second kappa shape index (κ2) is 7.68. The minimum atomic E-state index is -0.0984. The van der Waals surface area contributed by atoms with Gasteiger partial charge in [0.25, 0.3) is 5.91 Å². The van der Waals surface area contributed by atoms with E-state index >= 15 is 0 Å². The number of benzene rings is 2. The van der Waals surface area contributed by atoms with E-state index < -0.39 is 0 Å². The van der Waals surface area contributed by atoms with Crippen molar-refractivity contribution < 1.29 is 4.79 Å². The summed E-state index contributed by atoms with van der Waals surface area (Å²) in [5.74, 6) is 0.606. The third-order valence-electron chi connectivity index (χ3n) is 4.20. The van der Waals surface area contributed by atoms with Crippen molar-refractivity contribution in [1.29, 1.82) is 0 Å². The highest BCUT2D eigenvalue weighted by molar-refractivity contribution is 7.98. The lowest BCUT2D eigenvalue weighted by molar-refractivity contribution is 0.102. The van der Waals surface area contributed by atoms with Crippen molar-refractivity contribution in [3.63, 3.8) is 0 Å². The van der Waals surface area contributed by atoms with Crippen LogP contribution < -0.4 is 5.32 Å². The molecule has 27 heavy (non-hydrogen) atoms. The van der Waals surface area contributed by atoms with Crippen molar-refractivity contribution in [3.8, 4) is 0 Å². The Hall–Kier alpha value is -3.05. The van der Waals surface area contributed by atoms with Crippen LogP contribution in [0, 0.1) is 6.92 Å². The molecule has 2 aromatic carbocycles. The standard InChI is InChI=1S/C22H19N3OS/c1-16-7-6-8-17(13-16)24-22(26)19-9-2-3-10-20(19)27-15-18-14-25-12-5-4-11-21(25)23-18/h2-14H,15H2,1H3,(H,24,26). The first-order chi connectivity index (χ1) is 13.2. The molecule has 1 amide bonds. The first-order valence-electron chi connectivity index (χ1n) is 8.71. The van der Waals surface area contributed by atoms with E-state index in [-0.39, 0.29) is 5.91 Å². The van der Waals surface area contributed by atoms with Gasteiger partial charge in [0.2, 0.25) is 0 Å². The minimum absolute atomic E-state index is 0.0984. The Morgan fingerprint density at radius 3 is 2.78 bits per heavy atom. The van der Waals surface area contributed by atoms with Crippen LogP contribution in [-0.4, -0.2) is 15.3 Å². The van der Waals surface area contributed by atoms with Crippen LogP contribution in [0.15, 0.2) is 84.0 Å². The molecular formula is C22H19N3OS. The second-order valence-electron chi connectivity index (χ2n) is 6.31. The molecule has 1 N–H and O–H groups in total. The largest absolute Gasteiger partial charge is 0.322 e. The summed E-state index contributed by atoms with van der Waals surface area (Å²) in [4.78, 5) is 18.3. The molecule has 0 radical (unpaired) electrons. The van der Waals surface area contributed by atoms with Crippen molar-refractivity contribution in [2.75, 3.05) is 5.32 Å². The molecule has 4 rings (SSSR count). The molecule has 0 aliphatic carbocycles. The maximum absolute atomic E-state index is 12.8. The number of hydrogen-bond acceptors (Lipinski definition) is 3. The highest BCUT2D eigenvalue weighted by atomic mass is 32.2. The summed E-state index contributed by atoms with van der Waals surface area (Å²) >= 11 is 1.62. The number of aryl methyl sites for hydroxylation is 1. The molecule has 4 nitrogen and oxygen atoms in total. The van der Waals surface area contributed by atoms with Crippen molar-refractivity contribution in [2.45, 2.75) is 17.6 Å². The first-order valence-corrected chi connectivity index (χ1v) is 9.70. The maximum Gasteiger partial charge on any atom is 0.256 e. The average molecular weight is 373 g/mol. The van der Waals surface area contributed by atoms with Crippen LogP contribution in [0.1, 0.15) is 21.6 Å². The molecule has 0 bridgehead atoms. The summed E-state index contributed by atoms with van der Waals surface area (Å²) in [6.45, 7) is 2.01. The molecule has 0 saturated carbocycles. The number of imidazole rings is 1. The Morgan fingerprint density at radius 1 is 1.07 bits per heavy atom. The molecule has 0 spiro atoms. The van der Waals surface area contributed by atoms with Gasteiger partial charge in [0, 0.05) is 28.7 Å². The van der Waals surface area contributed by atoms with Gasteiger partial charge in [-0.05, 0) is 48.9 Å². The Labute approximate surface area is 162 Å². The lowest BCUT2D eigenvalue weighted by Gasteiger charge is -2.10. The number of nitrogens with zero attached hydrogens (tertiary/aromatic N) is 2. The fraction of sp³-hybridized carbons (Fsp3) is 0.0909. The second-order valence-corrected chi connectivity index (χ2v) is 7.32. The summed E-state index contributed by atoms with van der Waals surface area (Å²) in [7, 11) is 0. The highest BCUT2D eigenvalue weighted by Gasteiger charge is 2.12. The molecule has 4 aromatic rings. The van der Waals surface area contributed by atoms with Crippen LogP contribution >= 0.6 is 11.8 Å². The van der Waals surface area contributed by atoms with Gasteiger partial charge in [0.15, 0.2) is 0 Å². The number of carbonyl (C=O) groups excluding carboxylic acids is 1. The summed E-state index contributed by atoms with van der Waals surface area (Å²) in [6.07, 6.45) is 4.01. The quantitative estimate of drug-likeness (QED) is 0.490. The van der Waals surface area contributed by atoms with Crippen LogP contribution in [0.4, 0.5) is 5.69 Å². The molecule has 0 aliphatic rings. The van der Waals surface area contributed by atoms with Crippen LogP contribution in [0.25, 0.3) is 5.65 Å². The van der Waals surface area contributed by atoms with Gasteiger partial charge in [0.1, 0.15) is 5.65 Å². The smallest absolute Gasteiger partial charge is 0.256 e. The molecule has 0 saturated heterocycles. The van der Waals surface area contributed by atoms with Gasteiger partial charge in [-0.1, -0.05) is 30.3 Å². The molecule has 0 aliphatic heterocycles. The van der Waals surface area contributed by atoms with E-state index in [9.17, 15) is 4.79 Å². The van der Waals surface area contributed by atoms with Gasteiger partial charge in [-0.3, -0.25) is 4.79 Å². The van der Waals surface area contributed by atoms with Gasteiger partial charge in [-0.2, -0.15) is 0 Å². The minimum Gasteiger partial charge on any atom is -0.322 e. The van der Waals surface area contributed by atoms with E-state index in [1.54, 1.807) is 11.8 Å². The average Bonchev–Trinajstić information content (AvgIpc) is 3.09. The number of thioether (sulfide) groups is 1. The van der Waals surface area contributed by atoms with Gasteiger partial charge >= 0.3 is 0 Å². The van der Waals surface area contributed by atoms with Crippen LogP contribution in [0.5, 0.6) is 0 Å². The molecule has 0 unspecified atom stereocenters. The van der Waals surface area contributed by atoms with Crippen molar-refractivity contribution >= 4 is 29.0 Å². The number of aromatic nitrogens is 2. The summed E-state index contributed by atoms with van der Waals surface area (Å²) in [5.41, 5.74) is 4.51. The van der Waals surface area contributed by atoms with E-state index in [0.717, 1.165) is 27.5 Å². The number of amides is 1. The third-order valence-corrected chi connectivity index (χ3v) is 5.30. The first kappa shape index (κ1) is 17.4. The zero-order chi connectivity index (χ0) is 18.6. The lowest BCUT2D eigenvalue weighted by atomic mass is 10.2. The Bertz CT molecular complexity index is 1070. The zero-order valence-corrected chi connectivity index (χ0v) is 15.7. The maximum atomic E-state index is 12.8. The third kappa shape index (κ3) is 4.04. The summed E-state index contributed by atoms with van der Waals surface area (Å²) in [5, 5.41) is 2.99. The Morgan fingerprint density at radius 2 is 1.93 bits per heavy atom. The Kier molecular flexibility index (Phi) is 4.94. The number of anilines is 1. The summed E-state index contributed by atoms with van der Waals surface area (Å²) in [6, 6.07) is 21.4. The van der Waals surface area contributed by atoms with Gasteiger partial charge in [-0.15, -0.1) is 11.8 Å². The zero-order valence-electron chi connectivity index (χ0n) is 14.9. The number of pyridine rings is 1. The molecule has 2 heterocycles. The SMILES string of the molecule is Cc1cccc(NC(=O)c2ccccc2SCc2cn3ccccc3n2)c1. The number of fused-ring (bicyclic) bond motifs is 1. The molecule has 2 aromatic heterocycles. The van der Waals surface area contributed by atoms with E-state index in [0.29, 0.717) is 11.3 Å². The fourth-order valence-corrected chi connectivity index (χ4v) is 3.84. The van der Waals surface area contributed by atoms with Crippen LogP contribution in [0.2, 0.25) is 0 Å². The predicted molar refractivity (Wildman–Crippen MR) is 110 cm³/mol. The Balaban J connectivity index is 1.51. The van der Waals surface area contributed by atoms with Crippen molar-refractivity contribution in [2.24, 2.45) is 0 Å². The van der Waals surface area contributed by atoms with Crippen molar-refractivity contribution in [1.82, 2.24) is 9.38 Å². The fourth-order valence-electron chi connectivity index (χ4n) is 2.91. The molecule has 134 valence electrons. The van der Waals surface area contributed by atoms with Crippen LogP contribution in [0.3, 0.4) is 0 Å². The monoisotopic (exact) mass is 373 g/mol. The van der Waals surface area contributed by atoms with Crippen LogP contribution in [-0.2, 0) is 5.75 Å². The molecule has 5 heteroatoms. The number of rotatable bonds is 5. The topological polar surface area (TPSA) is 46.4 Å². The van der Waals surface area contributed by atoms with E-state index in [1.807, 2.05) is 90.4 Å². The van der Waals surface area contributed by atoms with Gasteiger partial charge in [-0.25, -0.2) is 4.98 Å². The van der Waals surface area contributed by atoms with E-state index in [1.165, 1.54) is 0 Å². The van der Waals surface area contributed by atoms with Gasteiger partial charge < -0.3 is 9.72 Å². The lowest BCUT2D eigenvalue weighted by Crippen LogP contribution is -2.13. The predicted octanol–water partition coefficient (Wildman–Crippen LogP) is 5.19. The number of hydrogen-bond donors (Lipinski definition) is 1. The number of carbonyl (C=O) groups is 1. The molecule has 0 fully saturated rings. The highest BCUT2D eigenvalue weighted by Crippen LogP contribution is 2.27. The van der Waals surface area contributed by atoms with Gasteiger partial charge in [0.05, 0.1) is 11.3 Å².